The summed E-state index contributed by atoms with van der Waals surface area (Å²) < 4.78 is 6.70. The van der Waals surface area contributed by atoms with Crippen molar-refractivity contribution in [3.8, 4) is 0 Å². The van der Waals surface area contributed by atoms with E-state index in [1.807, 2.05) is 24.3 Å². The normalized spacial score (nSPS) is 10.6. The van der Waals surface area contributed by atoms with Crippen LogP contribution >= 0.6 is 27.3 Å². The molecule has 0 spiro atoms. The molecule has 0 unspecified atom stereocenters. The van der Waals surface area contributed by atoms with Gasteiger partial charge in [-0.2, -0.15) is 0 Å². The molecule has 0 saturated heterocycles. The summed E-state index contributed by atoms with van der Waals surface area (Å²) >= 11 is 4.95. The minimum atomic E-state index is 0.502. The van der Waals surface area contributed by atoms with Gasteiger partial charge in [-0.15, -0.1) is 10.2 Å². The van der Waals surface area contributed by atoms with Gasteiger partial charge < -0.3 is 10.1 Å². The Morgan fingerprint density at radius 2 is 2.00 bits per heavy atom. The number of hydrogen-bond donors (Lipinski definition) is 1. The van der Waals surface area contributed by atoms with Crippen molar-refractivity contribution in [2.24, 2.45) is 0 Å². The van der Waals surface area contributed by atoms with E-state index in [2.05, 4.69) is 38.4 Å². The number of rotatable bonds is 7. The minimum absolute atomic E-state index is 0.502. The van der Waals surface area contributed by atoms with Gasteiger partial charge in [0.2, 0.25) is 5.13 Å². The lowest BCUT2D eigenvalue weighted by atomic mass is 10.2. The second kappa shape index (κ2) is 7.57. The van der Waals surface area contributed by atoms with Crippen LogP contribution in [0.15, 0.2) is 28.7 Å². The number of anilines is 1. The molecule has 0 bridgehead atoms. The van der Waals surface area contributed by atoms with Gasteiger partial charge in [-0.05, 0) is 24.1 Å². The molecule has 4 nitrogen and oxygen atoms in total. The summed E-state index contributed by atoms with van der Waals surface area (Å²) in [6, 6.07) is 8.10. The molecule has 1 aromatic heterocycles. The molecule has 0 aliphatic heterocycles. The molecular weight excluding hydrogens is 326 g/mol. The lowest BCUT2D eigenvalue weighted by Crippen LogP contribution is -1.98. The molecule has 0 amide bonds. The second-order valence-electron chi connectivity index (χ2n) is 4.05. The molecule has 0 radical (unpaired) electrons. The van der Waals surface area contributed by atoms with Crippen molar-refractivity contribution < 1.29 is 4.74 Å². The molecule has 6 heteroatoms. The van der Waals surface area contributed by atoms with Crippen LogP contribution in [0.3, 0.4) is 0 Å². The highest BCUT2D eigenvalue weighted by molar-refractivity contribution is 9.10. The van der Waals surface area contributed by atoms with Crippen molar-refractivity contribution in [3.05, 3.63) is 39.3 Å². The van der Waals surface area contributed by atoms with Gasteiger partial charge in [0.25, 0.3) is 0 Å². The second-order valence-corrected chi connectivity index (χ2v) is 6.02. The predicted molar refractivity (Wildman–Crippen MR) is 81.3 cm³/mol. The maximum absolute atomic E-state index is 5.63. The number of hydrogen-bond acceptors (Lipinski definition) is 5. The molecule has 1 aromatic carbocycles. The minimum Gasteiger partial charge on any atom is -0.370 e. The third-order valence-electron chi connectivity index (χ3n) is 2.40. The van der Waals surface area contributed by atoms with Crippen molar-refractivity contribution in [1.82, 2.24) is 10.2 Å². The van der Waals surface area contributed by atoms with Crippen LogP contribution in [0.2, 0.25) is 0 Å². The van der Waals surface area contributed by atoms with Crippen molar-refractivity contribution in [3.63, 3.8) is 0 Å². The van der Waals surface area contributed by atoms with Crippen LogP contribution in [0.25, 0.3) is 0 Å². The van der Waals surface area contributed by atoms with E-state index in [0.29, 0.717) is 13.2 Å². The summed E-state index contributed by atoms with van der Waals surface area (Å²) in [4.78, 5) is 0. The third kappa shape index (κ3) is 4.89. The lowest BCUT2D eigenvalue weighted by Gasteiger charge is -2.02. The maximum atomic E-state index is 5.63. The summed E-state index contributed by atoms with van der Waals surface area (Å²) in [5.74, 6) is 0. The van der Waals surface area contributed by atoms with E-state index in [1.54, 1.807) is 11.3 Å². The summed E-state index contributed by atoms with van der Waals surface area (Å²) in [5.41, 5.74) is 1.15. The largest absolute Gasteiger partial charge is 0.370 e. The molecule has 0 aliphatic carbocycles. The summed E-state index contributed by atoms with van der Waals surface area (Å²) in [5, 5.41) is 13.1. The van der Waals surface area contributed by atoms with E-state index < -0.39 is 0 Å². The van der Waals surface area contributed by atoms with Crippen molar-refractivity contribution in [1.29, 1.82) is 0 Å². The average molecular weight is 342 g/mol. The number of halogens is 1. The van der Waals surface area contributed by atoms with Crippen LogP contribution in [-0.2, 0) is 18.0 Å². The monoisotopic (exact) mass is 341 g/mol. The predicted octanol–water partition coefficient (Wildman–Crippen LogP) is 3.84. The fraction of sp³-hybridized carbons (Fsp3) is 0.385. The Morgan fingerprint density at radius 1 is 1.21 bits per heavy atom. The first-order valence-electron chi connectivity index (χ1n) is 6.16. The SMILES string of the molecule is CCCNc1nnc(COCc2ccc(Br)cc2)s1. The maximum Gasteiger partial charge on any atom is 0.205 e. The van der Waals surface area contributed by atoms with Gasteiger partial charge in [0.1, 0.15) is 11.6 Å². The highest BCUT2D eigenvalue weighted by Crippen LogP contribution is 2.17. The Labute approximate surface area is 125 Å². The third-order valence-corrected chi connectivity index (χ3v) is 3.78. The topological polar surface area (TPSA) is 47.0 Å². The number of ether oxygens (including phenoxy) is 1. The Bertz CT molecular complexity index is 501. The van der Waals surface area contributed by atoms with Crippen LogP contribution in [0.4, 0.5) is 5.13 Å². The molecule has 0 atom stereocenters. The highest BCUT2D eigenvalue weighted by atomic mass is 79.9. The molecule has 2 aromatic rings. The van der Waals surface area contributed by atoms with Gasteiger partial charge in [0.05, 0.1) is 6.61 Å². The van der Waals surface area contributed by atoms with Crippen LogP contribution in [0.1, 0.15) is 23.9 Å². The molecule has 1 heterocycles. The smallest absolute Gasteiger partial charge is 0.205 e. The standard InChI is InChI=1S/C13H16BrN3OS/c1-2-7-15-13-17-16-12(19-13)9-18-8-10-3-5-11(14)6-4-10/h3-6H,2,7-9H2,1H3,(H,15,17). The number of nitrogens with zero attached hydrogens (tertiary/aromatic N) is 2. The van der Waals surface area contributed by atoms with Gasteiger partial charge in [0.15, 0.2) is 0 Å². The number of aromatic nitrogens is 2. The average Bonchev–Trinajstić information content (AvgIpc) is 2.87. The zero-order valence-corrected chi connectivity index (χ0v) is 13.1. The lowest BCUT2D eigenvalue weighted by molar-refractivity contribution is 0.106. The first kappa shape index (κ1) is 14.4. The first-order chi connectivity index (χ1) is 9.28. The fourth-order valence-electron chi connectivity index (χ4n) is 1.45. The van der Waals surface area contributed by atoms with E-state index in [4.69, 9.17) is 4.74 Å². The van der Waals surface area contributed by atoms with E-state index in [1.165, 1.54) is 0 Å². The van der Waals surface area contributed by atoms with Crippen LogP contribution in [0, 0.1) is 0 Å². The summed E-state index contributed by atoms with van der Waals surface area (Å²) in [6.07, 6.45) is 1.08. The van der Waals surface area contributed by atoms with Gasteiger partial charge in [-0.3, -0.25) is 0 Å². The van der Waals surface area contributed by atoms with Crippen molar-refractivity contribution in [2.45, 2.75) is 26.6 Å². The Morgan fingerprint density at radius 3 is 2.74 bits per heavy atom. The van der Waals surface area contributed by atoms with E-state index in [9.17, 15) is 0 Å². The molecule has 19 heavy (non-hydrogen) atoms. The zero-order chi connectivity index (χ0) is 13.5. The molecule has 102 valence electrons. The van der Waals surface area contributed by atoms with Crippen molar-refractivity contribution >= 4 is 32.4 Å². The van der Waals surface area contributed by atoms with Crippen LogP contribution in [0.5, 0.6) is 0 Å². The van der Waals surface area contributed by atoms with Gasteiger partial charge in [-0.1, -0.05) is 46.3 Å². The summed E-state index contributed by atoms with van der Waals surface area (Å²) in [6.45, 7) is 4.14. The fourth-order valence-corrected chi connectivity index (χ4v) is 2.42. The van der Waals surface area contributed by atoms with Crippen molar-refractivity contribution in [2.75, 3.05) is 11.9 Å². The molecule has 0 saturated carbocycles. The first-order valence-corrected chi connectivity index (χ1v) is 7.77. The van der Waals surface area contributed by atoms with Gasteiger partial charge >= 0.3 is 0 Å². The van der Waals surface area contributed by atoms with E-state index in [0.717, 1.165) is 33.1 Å². The molecule has 0 aliphatic rings. The van der Waals surface area contributed by atoms with E-state index in [-0.39, 0.29) is 0 Å². The van der Waals surface area contributed by atoms with E-state index >= 15 is 0 Å². The number of nitrogens with one attached hydrogen (secondary N) is 1. The Kier molecular flexibility index (Phi) is 5.75. The number of benzene rings is 1. The molecular formula is C13H16BrN3OS. The Hall–Kier alpha value is -0.980. The quantitative estimate of drug-likeness (QED) is 0.831. The molecule has 0 fully saturated rings. The Balaban J connectivity index is 1.76. The zero-order valence-electron chi connectivity index (χ0n) is 10.7. The molecule has 1 N–H and O–H groups in total. The molecule has 2 rings (SSSR count). The summed E-state index contributed by atoms with van der Waals surface area (Å²) in [7, 11) is 0. The van der Waals surface area contributed by atoms with Gasteiger partial charge in [0, 0.05) is 11.0 Å². The van der Waals surface area contributed by atoms with Gasteiger partial charge in [-0.25, -0.2) is 0 Å². The van der Waals surface area contributed by atoms with Crippen LogP contribution < -0.4 is 5.32 Å². The highest BCUT2D eigenvalue weighted by Gasteiger charge is 2.03. The van der Waals surface area contributed by atoms with Crippen LogP contribution in [-0.4, -0.2) is 16.7 Å².